The molecule has 0 atom stereocenters. The van der Waals surface area contributed by atoms with Gasteiger partial charge < -0.3 is 9.88 Å². The maximum atomic E-state index is 13.1. The first kappa shape index (κ1) is 16.2. The Morgan fingerprint density at radius 1 is 1.19 bits per heavy atom. The van der Waals surface area contributed by atoms with E-state index in [0.717, 1.165) is 35.6 Å². The highest BCUT2D eigenvalue weighted by Crippen LogP contribution is 2.68. The number of nitrogens with one attached hydrogen (secondary N) is 2. The molecule has 1 spiro atoms. The summed E-state index contributed by atoms with van der Waals surface area (Å²) in [7, 11) is 0. The van der Waals surface area contributed by atoms with Crippen LogP contribution in [0.5, 0.6) is 0 Å². The molecular formula is C19H21N7O. The van der Waals surface area contributed by atoms with E-state index in [-0.39, 0.29) is 5.91 Å². The Morgan fingerprint density at radius 2 is 1.93 bits per heavy atom. The van der Waals surface area contributed by atoms with E-state index < -0.39 is 5.41 Å². The zero-order valence-corrected chi connectivity index (χ0v) is 15.4. The summed E-state index contributed by atoms with van der Waals surface area (Å²) in [5, 5.41) is 17.4. The van der Waals surface area contributed by atoms with Gasteiger partial charge in [-0.1, -0.05) is 5.21 Å². The van der Waals surface area contributed by atoms with Crippen molar-refractivity contribution in [2.24, 2.45) is 5.41 Å². The van der Waals surface area contributed by atoms with Crippen LogP contribution in [0.1, 0.15) is 42.9 Å². The molecule has 8 heteroatoms. The predicted molar refractivity (Wildman–Crippen MR) is 98.4 cm³/mol. The highest BCUT2D eigenvalue weighted by molar-refractivity contribution is 5.99. The number of amides is 1. The SMILES string of the molecule is Cc1ncn(-c2ccc(NC(=O)C3(c4nn[nH]n4)CC4(CC4)C3)cc2)c1C. The summed E-state index contributed by atoms with van der Waals surface area (Å²) in [6.45, 7) is 4.03. The lowest BCUT2D eigenvalue weighted by Crippen LogP contribution is -2.52. The van der Waals surface area contributed by atoms with Gasteiger partial charge in [-0.2, -0.15) is 5.21 Å². The fourth-order valence-corrected chi connectivity index (χ4v) is 4.26. The molecule has 0 radical (unpaired) electrons. The number of tetrazole rings is 1. The number of anilines is 1. The van der Waals surface area contributed by atoms with Crippen molar-refractivity contribution in [3.05, 3.63) is 47.8 Å². The maximum Gasteiger partial charge on any atom is 0.238 e. The largest absolute Gasteiger partial charge is 0.325 e. The second-order valence-corrected chi connectivity index (χ2v) is 7.96. The smallest absolute Gasteiger partial charge is 0.238 e. The second kappa shape index (κ2) is 5.48. The fraction of sp³-hybridized carbons (Fsp3) is 0.421. The van der Waals surface area contributed by atoms with Gasteiger partial charge in [0.1, 0.15) is 5.41 Å². The van der Waals surface area contributed by atoms with Gasteiger partial charge in [-0.15, -0.1) is 10.2 Å². The first-order valence-corrected chi connectivity index (χ1v) is 9.18. The average Bonchev–Trinajstić information content (AvgIpc) is 3.09. The number of H-pyrrole nitrogens is 1. The van der Waals surface area contributed by atoms with Gasteiger partial charge in [0, 0.05) is 17.1 Å². The molecule has 0 unspecified atom stereocenters. The Labute approximate surface area is 156 Å². The molecule has 0 bridgehead atoms. The van der Waals surface area contributed by atoms with Crippen molar-refractivity contribution >= 4 is 11.6 Å². The van der Waals surface area contributed by atoms with Gasteiger partial charge in [-0.3, -0.25) is 4.79 Å². The summed E-state index contributed by atoms with van der Waals surface area (Å²) in [4.78, 5) is 17.4. The maximum absolute atomic E-state index is 13.1. The third-order valence-corrected chi connectivity index (χ3v) is 6.17. The molecule has 2 fully saturated rings. The van der Waals surface area contributed by atoms with Crippen molar-refractivity contribution in [1.29, 1.82) is 0 Å². The minimum atomic E-state index is -0.666. The third-order valence-electron chi connectivity index (χ3n) is 6.17. The van der Waals surface area contributed by atoms with Gasteiger partial charge in [-0.25, -0.2) is 4.98 Å². The Bertz CT molecular complexity index is 991. The number of carbonyl (C=O) groups is 1. The van der Waals surface area contributed by atoms with Crippen molar-refractivity contribution in [2.75, 3.05) is 5.32 Å². The number of aromatic nitrogens is 6. The van der Waals surface area contributed by atoms with E-state index in [9.17, 15) is 4.79 Å². The highest BCUT2D eigenvalue weighted by atomic mass is 16.2. The molecule has 2 heterocycles. The zero-order chi connectivity index (χ0) is 18.6. The summed E-state index contributed by atoms with van der Waals surface area (Å²) in [6.07, 6.45) is 5.80. The van der Waals surface area contributed by atoms with Crippen molar-refractivity contribution in [1.82, 2.24) is 30.2 Å². The lowest BCUT2D eigenvalue weighted by Gasteiger charge is -2.44. The monoisotopic (exact) mass is 363 g/mol. The number of imidazole rings is 1. The Kier molecular flexibility index (Phi) is 3.28. The molecule has 8 nitrogen and oxygen atoms in total. The molecule has 2 aliphatic rings. The molecule has 27 heavy (non-hydrogen) atoms. The second-order valence-electron chi connectivity index (χ2n) is 7.96. The van der Waals surface area contributed by atoms with Crippen molar-refractivity contribution in [2.45, 2.75) is 44.9 Å². The normalized spacial score (nSPS) is 18.9. The highest BCUT2D eigenvalue weighted by Gasteiger charge is 2.66. The van der Waals surface area contributed by atoms with E-state index in [1.54, 1.807) is 0 Å². The number of aromatic amines is 1. The number of nitrogens with zero attached hydrogens (tertiary/aromatic N) is 5. The number of hydrogen-bond donors (Lipinski definition) is 2. The van der Waals surface area contributed by atoms with Crippen molar-refractivity contribution in [3.63, 3.8) is 0 Å². The molecule has 3 aromatic rings. The summed E-state index contributed by atoms with van der Waals surface area (Å²) < 4.78 is 2.03. The lowest BCUT2D eigenvalue weighted by atomic mass is 9.58. The Morgan fingerprint density at radius 3 is 2.48 bits per heavy atom. The summed E-state index contributed by atoms with van der Waals surface area (Å²) >= 11 is 0. The van der Waals surface area contributed by atoms with Gasteiger partial charge in [-0.05, 0) is 69.2 Å². The zero-order valence-electron chi connectivity index (χ0n) is 15.4. The fourth-order valence-electron chi connectivity index (χ4n) is 4.26. The van der Waals surface area contributed by atoms with Crippen LogP contribution in [0.4, 0.5) is 5.69 Å². The first-order chi connectivity index (χ1) is 13.0. The van der Waals surface area contributed by atoms with Crippen LogP contribution in [0.25, 0.3) is 5.69 Å². The molecule has 1 amide bonds. The minimum Gasteiger partial charge on any atom is -0.325 e. The van der Waals surface area contributed by atoms with Crippen LogP contribution in [0, 0.1) is 19.3 Å². The van der Waals surface area contributed by atoms with E-state index in [1.807, 2.05) is 49.0 Å². The predicted octanol–water partition coefficient (Wildman–Crippen LogP) is 2.45. The van der Waals surface area contributed by atoms with Crippen LogP contribution in [0.2, 0.25) is 0 Å². The molecular weight excluding hydrogens is 342 g/mol. The van der Waals surface area contributed by atoms with Gasteiger partial charge >= 0.3 is 0 Å². The number of carbonyl (C=O) groups excluding carboxylic acids is 1. The topological polar surface area (TPSA) is 101 Å². The van der Waals surface area contributed by atoms with Crippen LogP contribution in [-0.2, 0) is 10.2 Å². The molecule has 2 N–H and O–H groups in total. The average molecular weight is 363 g/mol. The van der Waals surface area contributed by atoms with Crippen LogP contribution in [0.3, 0.4) is 0 Å². The summed E-state index contributed by atoms with van der Waals surface area (Å²) in [6, 6.07) is 7.79. The van der Waals surface area contributed by atoms with Gasteiger partial charge in [0.15, 0.2) is 5.82 Å². The molecule has 2 saturated carbocycles. The van der Waals surface area contributed by atoms with E-state index in [2.05, 4.69) is 30.9 Å². The van der Waals surface area contributed by atoms with E-state index in [0.29, 0.717) is 11.2 Å². The van der Waals surface area contributed by atoms with Crippen molar-refractivity contribution in [3.8, 4) is 5.69 Å². The lowest BCUT2D eigenvalue weighted by molar-refractivity contribution is -0.128. The number of hydrogen-bond acceptors (Lipinski definition) is 5. The third kappa shape index (κ3) is 2.47. The number of benzene rings is 1. The van der Waals surface area contributed by atoms with Crippen molar-refractivity contribution < 1.29 is 4.79 Å². The van der Waals surface area contributed by atoms with E-state index >= 15 is 0 Å². The number of rotatable bonds is 4. The molecule has 2 aromatic heterocycles. The van der Waals surface area contributed by atoms with Crippen LogP contribution >= 0.6 is 0 Å². The summed E-state index contributed by atoms with van der Waals surface area (Å²) in [5.41, 5.74) is 3.55. The standard InChI is InChI=1S/C19H21N7O/c1-12-13(2)26(11-20-12)15-5-3-14(4-6-15)21-17(27)19(16-22-24-25-23-16)9-18(10-19)7-8-18/h3-6,11H,7-10H2,1-2H3,(H,21,27)(H,22,23,24,25). The first-order valence-electron chi connectivity index (χ1n) is 9.18. The van der Waals surface area contributed by atoms with Gasteiger partial charge in [0.2, 0.25) is 5.91 Å². The Hall–Kier alpha value is -3.03. The Balaban J connectivity index is 1.37. The molecule has 2 aliphatic carbocycles. The van der Waals surface area contributed by atoms with E-state index in [1.165, 1.54) is 12.8 Å². The molecule has 0 saturated heterocycles. The van der Waals surface area contributed by atoms with E-state index in [4.69, 9.17) is 0 Å². The molecule has 0 aliphatic heterocycles. The summed E-state index contributed by atoms with van der Waals surface area (Å²) in [5.74, 6) is 0.447. The van der Waals surface area contributed by atoms with Crippen LogP contribution in [0.15, 0.2) is 30.6 Å². The van der Waals surface area contributed by atoms with Gasteiger partial charge in [0.05, 0.1) is 12.0 Å². The van der Waals surface area contributed by atoms with Gasteiger partial charge in [0.25, 0.3) is 0 Å². The van der Waals surface area contributed by atoms with Crippen LogP contribution in [-0.4, -0.2) is 36.1 Å². The van der Waals surface area contributed by atoms with Crippen LogP contribution < -0.4 is 5.32 Å². The molecule has 1 aromatic carbocycles. The quantitative estimate of drug-likeness (QED) is 0.741. The molecule has 138 valence electrons. The minimum absolute atomic E-state index is 0.0520. The molecule has 5 rings (SSSR count). The number of aryl methyl sites for hydroxylation is 1.